The van der Waals surface area contributed by atoms with Crippen molar-refractivity contribution in [2.45, 2.75) is 9.79 Å². The van der Waals surface area contributed by atoms with Gasteiger partial charge in [-0.3, -0.25) is 9.98 Å². The second kappa shape index (κ2) is 13.1. The standard InChI is InChI=1S/C20H24N2S5/c1-2-6-21-18(3-1)16-22-17-4-5-19-20(15-17)27-14-12-25-10-8-23-7-9-24-11-13-26-19/h1-6,15-16H,7-14H2. The minimum Gasteiger partial charge on any atom is -0.255 e. The maximum atomic E-state index is 4.63. The van der Waals surface area contributed by atoms with E-state index >= 15 is 0 Å². The van der Waals surface area contributed by atoms with Crippen LogP contribution in [-0.2, 0) is 0 Å². The van der Waals surface area contributed by atoms with E-state index in [1.165, 1.54) is 50.1 Å². The molecule has 0 atom stereocenters. The predicted molar refractivity (Wildman–Crippen MR) is 131 cm³/mol. The van der Waals surface area contributed by atoms with Crippen LogP contribution in [0.4, 0.5) is 5.69 Å². The first-order chi connectivity index (χ1) is 13.4. The lowest BCUT2D eigenvalue weighted by atomic mass is 10.3. The third-order valence-electron chi connectivity index (χ3n) is 3.68. The van der Waals surface area contributed by atoms with E-state index in [1.807, 2.05) is 47.9 Å². The van der Waals surface area contributed by atoms with E-state index in [-0.39, 0.29) is 0 Å². The quantitative estimate of drug-likeness (QED) is 0.501. The molecule has 2 heterocycles. The van der Waals surface area contributed by atoms with Crippen LogP contribution in [0.1, 0.15) is 5.69 Å². The van der Waals surface area contributed by atoms with Crippen LogP contribution in [0.15, 0.2) is 57.4 Å². The SMILES string of the molecule is C(=Nc1ccc2c(c1)SCCSCCSCCSCCS2)c1ccccn1. The molecule has 3 rings (SSSR count). The van der Waals surface area contributed by atoms with E-state index in [4.69, 9.17) is 0 Å². The zero-order chi connectivity index (χ0) is 18.6. The molecule has 0 fully saturated rings. The topological polar surface area (TPSA) is 25.2 Å². The second-order valence-corrected chi connectivity index (χ2v) is 11.6. The van der Waals surface area contributed by atoms with Crippen molar-refractivity contribution in [1.82, 2.24) is 4.98 Å². The fraction of sp³-hybridized carbons (Fsp3) is 0.400. The minimum absolute atomic E-state index is 0.891. The van der Waals surface area contributed by atoms with Gasteiger partial charge in [-0.25, -0.2) is 0 Å². The van der Waals surface area contributed by atoms with Crippen molar-refractivity contribution in [3.05, 3.63) is 48.3 Å². The lowest BCUT2D eigenvalue weighted by Crippen LogP contribution is -1.93. The number of hydrogen-bond acceptors (Lipinski definition) is 7. The van der Waals surface area contributed by atoms with Crippen molar-refractivity contribution in [2.24, 2.45) is 4.99 Å². The maximum absolute atomic E-state index is 4.63. The monoisotopic (exact) mass is 452 g/mol. The van der Waals surface area contributed by atoms with Crippen LogP contribution in [0, 0.1) is 0 Å². The summed E-state index contributed by atoms with van der Waals surface area (Å²) >= 11 is 10.2. The summed E-state index contributed by atoms with van der Waals surface area (Å²) in [6.07, 6.45) is 3.64. The third kappa shape index (κ3) is 8.36. The van der Waals surface area contributed by atoms with Gasteiger partial charge in [-0.1, -0.05) is 6.07 Å². The van der Waals surface area contributed by atoms with Gasteiger partial charge in [-0.15, -0.1) is 23.5 Å². The lowest BCUT2D eigenvalue weighted by Gasteiger charge is -2.10. The van der Waals surface area contributed by atoms with Gasteiger partial charge in [-0.2, -0.15) is 35.3 Å². The van der Waals surface area contributed by atoms with Crippen LogP contribution >= 0.6 is 58.8 Å². The zero-order valence-corrected chi connectivity index (χ0v) is 19.3. The van der Waals surface area contributed by atoms with Crippen LogP contribution in [-0.4, -0.2) is 57.2 Å². The van der Waals surface area contributed by atoms with Crippen molar-refractivity contribution in [2.75, 3.05) is 46.0 Å². The van der Waals surface area contributed by atoms with Crippen LogP contribution in [0.5, 0.6) is 0 Å². The van der Waals surface area contributed by atoms with Gasteiger partial charge >= 0.3 is 0 Å². The molecule has 1 aliphatic heterocycles. The Kier molecular flexibility index (Phi) is 10.4. The highest BCUT2D eigenvalue weighted by atomic mass is 32.2. The molecule has 1 aromatic heterocycles. The molecule has 27 heavy (non-hydrogen) atoms. The van der Waals surface area contributed by atoms with Crippen LogP contribution in [0.25, 0.3) is 0 Å². The fourth-order valence-corrected chi connectivity index (χ4v) is 8.05. The summed E-state index contributed by atoms with van der Waals surface area (Å²) in [6.45, 7) is 0. The first kappa shape index (κ1) is 21.5. The molecule has 0 saturated carbocycles. The molecule has 144 valence electrons. The number of nitrogens with zero attached hydrogens (tertiary/aromatic N) is 2. The average molecular weight is 453 g/mol. The number of rotatable bonds is 2. The van der Waals surface area contributed by atoms with Crippen molar-refractivity contribution in [1.29, 1.82) is 0 Å². The molecule has 1 aromatic carbocycles. The lowest BCUT2D eigenvalue weighted by molar-refractivity contribution is 1.23. The summed E-state index contributed by atoms with van der Waals surface area (Å²) in [4.78, 5) is 11.7. The first-order valence-corrected chi connectivity index (χ1v) is 14.4. The predicted octanol–water partition coefficient (Wildman–Crippen LogP) is 6.23. The summed E-state index contributed by atoms with van der Waals surface area (Å²) in [5.41, 5.74) is 1.89. The van der Waals surface area contributed by atoms with Crippen LogP contribution < -0.4 is 0 Å². The van der Waals surface area contributed by atoms with Gasteiger partial charge in [0.25, 0.3) is 0 Å². The van der Waals surface area contributed by atoms with E-state index in [0.717, 1.165) is 17.1 Å². The van der Waals surface area contributed by atoms with Gasteiger partial charge in [-0.05, 0) is 30.3 Å². The number of aromatic nitrogens is 1. The Balaban J connectivity index is 1.67. The molecule has 0 bridgehead atoms. The average Bonchev–Trinajstić information content (AvgIpc) is 2.72. The normalized spacial score (nSPS) is 17.8. The molecule has 2 nitrogen and oxygen atoms in total. The van der Waals surface area contributed by atoms with Crippen LogP contribution in [0.3, 0.4) is 0 Å². The molecule has 1 aliphatic rings. The third-order valence-corrected chi connectivity index (χ3v) is 9.93. The molecular weight excluding hydrogens is 429 g/mol. The van der Waals surface area contributed by atoms with Crippen LogP contribution in [0.2, 0.25) is 0 Å². The molecule has 0 N–H and O–H groups in total. The Hall–Kier alpha value is -0.210. The summed E-state index contributed by atoms with van der Waals surface area (Å²) in [5, 5.41) is 0. The Morgan fingerprint density at radius 1 is 0.741 bits per heavy atom. The van der Waals surface area contributed by atoms with Gasteiger partial charge in [0.1, 0.15) is 0 Å². The molecule has 0 aliphatic carbocycles. The Morgan fingerprint density at radius 2 is 1.41 bits per heavy atom. The van der Waals surface area contributed by atoms with Gasteiger partial charge in [0.05, 0.1) is 17.6 Å². The van der Waals surface area contributed by atoms with Crippen molar-refractivity contribution < 1.29 is 0 Å². The number of benzene rings is 1. The number of fused-ring (bicyclic) bond motifs is 1. The maximum Gasteiger partial charge on any atom is 0.0812 e. The fourth-order valence-electron chi connectivity index (χ4n) is 2.37. The minimum atomic E-state index is 0.891. The van der Waals surface area contributed by atoms with E-state index < -0.39 is 0 Å². The zero-order valence-electron chi connectivity index (χ0n) is 15.2. The highest BCUT2D eigenvalue weighted by Gasteiger charge is 2.07. The van der Waals surface area contributed by atoms with Gasteiger partial charge < -0.3 is 0 Å². The highest BCUT2D eigenvalue weighted by Crippen LogP contribution is 2.35. The van der Waals surface area contributed by atoms with E-state index in [2.05, 4.69) is 63.5 Å². The highest BCUT2D eigenvalue weighted by molar-refractivity contribution is 8.06. The smallest absolute Gasteiger partial charge is 0.0812 e. The molecule has 0 amide bonds. The molecule has 0 unspecified atom stereocenters. The first-order valence-electron chi connectivity index (χ1n) is 9.00. The van der Waals surface area contributed by atoms with Crippen molar-refractivity contribution >= 4 is 70.7 Å². The number of thioether (sulfide) groups is 5. The molecular formula is C20H24N2S5. The summed E-state index contributed by atoms with van der Waals surface area (Å²) in [7, 11) is 0. The molecule has 0 spiro atoms. The second-order valence-electron chi connectivity index (χ2n) is 5.68. The Bertz CT molecular complexity index is 709. The number of hydrogen-bond donors (Lipinski definition) is 0. The largest absolute Gasteiger partial charge is 0.255 e. The van der Waals surface area contributed by atoms with E-state index in [0.29, 0.717) is 0 Å². The number of aliphatic imine (C=N–C) groups is 1. The summed E-state index contributed by atoms with van der Waals surface area (Å²) in [5.74, 6) is 9.89. The molecule has 7 heteroatoms. The Labute approximate surface area is 183 Å². The molecule has 2 aromatic rings. The number of pyridine rings is 1. The van der Waals surface area contributed by atoms with Gasteiger partial charge in [0.15, 0.2) is 0 Å². The van der Waals surface area contributed by atoms with E-state index in [9.17, 15) is 0 Å². The van der Waals surface area contributed by atoms with E-state index in [1.54, 1.807) is 6.20 Å². The summed E-state index contributed by atoms with van der Waals surface area (Å²) < 4.78 is 0. The van der Waals surface area contributed by atoms with Gasteiger partial charge in [0.2, 0.25) is 0 Å². The molecule has 0 saturated heterocycles. The van der Waals surface area contributed by atoms with Crippen molar-refractivity contribution in [3.8, 4) is 0 Å². The molecule has 0 radical (unpaired) electrons. The summed E-state index contributed by atoms with van der Waals surface area (Å²) in [6, 6.07) is 12.5. The van der Waals surface area contributed by atoms with Gasteiger partial charge in [0, 0.05) is 62.0 Å². The van der Waals surface area contributed by atoms with Crippen molar-refractivity contribution in [3.63, 3.8) is 0 Å². The Morgan fingerprint density at radius 3 is 2.07 bits per heavy atom.